The fourth-order valence-corrected chi connectivity index (χ4v) is 6.96. The molecular weight excluding hydrogens is 673 g/mol. The number of nitrogens with zero attached hydrogens (tertiary/aromatic N) is 2. The first-order valence-electron chi connectivity index (χ1n) is 23.1. The highest BCUT2D eigenvalue weighted by molar-refractivity contribution is 5.70. The van der Waals surface area contributed by atoms with Crippen LogP contribution in [0.25, 0.3) is 0 Å². The molecule has 0 saturated heterocycles. The Morgan fingerprint density at radius 3 is 1.59 bits per heavy atom. The van der Waals surface area contributed by atoms with Gasteiger partial charge in [-0.05, 0) is 70.9 Å². The van der Waals surface area contributed by atoms with E-state index in [4.69, 9.17) is 9.47 Å². The predicted molar refractivity (Wildman–Crippen MR) is 231 cm³/mol. The molecule has 0 atom stereocenters. The van der Waals surface area contributed by atoms with Crippen molar-refractivity contribution in [2.24, 2.45) is 5.92 Å². The molecule has 0 aliphatic rings. The molecule has 0 aliphatic heterocycles. The number of allylic oxidation sites excluding steroid dienone is 4. The molecule has 1 N–H and O–H groups in total. The zero-order valence-corrected chi connectivity index (χ0v) is 36.3. The van der Waals surface area contributed by atoms with Crippen LogP contribution in [0.3, 0.4) is 0 Å². The number of unbranched alkanes of at least 4 members (excludes halogenated alkanes) is 19. The van der Waals surface area contributed by atoms with Gasteiger partial charge in [0.2, 0.25) is 0 Å². The van der Waals surface area contributed by atoms with Gasteiger partial charge in [0.15, 0.2) is 0 Å². The summed E-state index contributed by atoms with van der Waals surface area (Å²) >= 11 is 0. The van der Waals surface area contributed by atoms with E-state index >= 15 is 0 Å². The molecule has 0 amide bonds. The van der Waals surface area contributed by atoms with Crippen LogP contribution in [0.15, 0.2) is 24.3 Å². The molecule has 0 saturated carbocycles. The van der Waals surface area contributed by atoms with E-state index in [-0.39, 0.29) is 31.8 Å². The fourth-order valence-electron chi connectivity index (χ4n) is 6.96. The molecule has 0 unspecified atom stereocenters. The van der Waals surface area contributed by atoms with Crippen LogP contribution in [0.1, 0.15) is 201 Å². The van der Waals surface area contributed by atoms with E-state index < -0.39 is 0 Å². The first-order chi connectivity index (χ1) is 26.5. The lowest BCUT2D eigenvalue weighted by molar-refractivity contribution is -0.153. The number of aliphatic hydroxyl groups excluding tert-OH is 1. The van der Waals surface area contributed by atoms with Gasteiger partial charge in [0.1, 0.15) is 13.2 Å². The van der Waals surface area contributed by atoms with Gasteiger partial charge in [-0.2, -0.15) is 0 Å². The van der Waals surface area contributed by atoms with Gasteiger partial charge in [0, 0.05) is 32.6 Å². The van der Waals surface area contributed by atoms with Gasteiger partial charge >= 0.3 is 11.9 Å². The Morgan fingerprint density at radius 2 is 1.02 bits per heavy atom. The summed E-state index contributed by atoms with van der Waals surface area (Å²) < 4.78 is 11.0. The fraction of sp³-hybridized carbons (Fsp3) is 0.872. The van der Waals surface area contributed by atoms with Gasteiger partial charge < -0.3 is 24.4 Å². The van der Waals surface area contributed by atoms with E-state index in [0.29, 0.717) is 31.8 Å². The molecule has 0 rings (SSSR count). The maximum atomic E-state index is 12.7. The second kappa shape index (κ2) is 42.4. The van der Waals surface area contributed by atoms with Crippen LogP contribution in [0, 0.1) is 5.92 Å². The molecule has 0 aromatic rings. The Hall–Kier alpha value is -1.70. The summed E-state index contributed by atoms with van der Waals surface area (Å²) in [4.78, 5) is 29.8. The molecule has 318 valence electrons. The van der Waals surface area contributed by atoms with Gasteiger partial charge in [0.25, 0.3) is 0 Å². The van der Waals surface area contributed by atoms with Crippen LogP contribution in [0.5, 0.6) is 0 Å². The van der Waals surface area contributed by atoms with Crippen LogP contribution in [-0.4, -0.2) is 86.4 Å². The van der Waals surface area contributed by atoms with Crippen LogP contribution < -0.4 is 0 Å². The number of esters is 2. The summed E-state index contributed by atoms with van der Waals surface area (Å²) in [5.74, 6) is 0.00460. The minimum Gasteiger partial charge on any atom is -0.462 e. The van der Waals surface area contributed by atoms with E-state index in [1.807, 2.05) is 7.05 Å². The van der Waals surface area contributed by atoms with Crippen molar-refractivity contribution in [2.45, 2.75) is 201 Å². The Morgan fingerprint density at radius 1 is 0.537 bits per heavy atom. The van der Waals surface area contributed by atoms with Crippen molar-refractivity contribution in [3.05, 3.63) is 24.3 Å². The van der Waals surface area contributed by atoms with E-state index in [9.17, 15) is 14.7 Å². The number of carbonyl (C=O) groups excluding carboxylic acids is 2. The number of carbonyl (C=O) groups is 2. The SMILES string of the molecule is CCCCC/C=C\C/C=C\CCCCCCCCN(CCC(=O)OCCOC(=O)CC(CCCCCCCC)CCCCCCCC)CCN(C)CCO. The monoisotopic (exact) mass is 763 g/mol. The summed E-state index contributed by atoms with van der Waals surface area (Å²) in [6, 6.07) is 0. The normalized spacial score (nSPS) is 12.0. The van der Waals surface area contributed by atoms with Gasteiger partial charge in [-0.25, -0.2) is 0 Å². The minimum atomic E-state index is -0.235. The third-order valence-corrected chi connectivity index (χ3v) is 10.6. The molecule has 7 nitrogen and oxygen atoms in total. The Kier molecular flexibility index (Phi) is 41.1. The summed E-state index contributed by atoms with van der Waals surface area (Å²) in [6.45, 7) is 11.1. The average molecular weight is 763 g/mol. The second-order valence-electron chi connectivity index (χ2n) is 15.8. The summed E-state index contributed by atoms with van der Waals surface area (Å²) in [5.41, 5.74) is 0. The molecular formula is C47H90N2O5. The average Bonchev–Trinajstić information content (AvgIpc) is 3.16. The molecule has 0 aromatic heterocycles. The van der Waals surface area contributed by atoms with E-state index in [0.717, 1.165) is 45.3 Å². The minimum absolute atomic E-state index is 0.120. The summed E-state index contributed by atoms with van der Waals surface area (Å²) in [5, 5.41) is 9.30. The number of rotatable bonds is 42. The second-order valence-corrected chi connectivity index (χ2v) is 15.8. The lowest BCUT2D eigenvalue weighted by atomic mass is 9.91. The van der Waals surface area contributed by atoms with Gasteiger partial charge in [-0.3, -0.25) is 9.59 Å². The lowest BCUT2D eigenvalue weighted by Gasteiger charge is -2.25. The van der Waals surface area contributed by atoms with Crippen molar-refractivity contribution in [2.75, 3.05) is 59.6 Å². The predicted octanol–water partition coefficient (Wildman–Crippen LogP) is 12.0. The molecule has 0 radical (unpaired) electrons. The molecule has 0 heterocycles. The largest absolute Gasteiger partial charge is 0.462 e. The quantitative estimate of drug-likeness (QED) is 0.0377. The number of hydrogen-bond donors (Lipinski definition) is 1. The summed E-state index contributed by atoms with van der Waals surface area (Å²) in [7, 11) is 2.02. The van der Waals surface area contributed by atoms with Crippen LogP contribution in [0.2, 0.25) is 0 Å². The molecule has 0 bridgehead atoms. The third-order valence-electron chi connectivity index (χ3n) is 10.6. The third kappa shape index (κ3) is 38.6. The maximum absolute atomic E-state index is 12.7. The molecule has 0 aliphatic carbocycles. The highest BCUT2D eigenvalue weighted by atomic mass is 16.6. The zero-order chi connectivity index (χ0) is 39.6. The topological polar surface area (TPSA) is 79.3 Å². The number of ether oxygens (including phenoxy) is 2. The van der Waals surface area contributed by atoms with Crippen molar-refractivity contribution in [3.63, 3.8) is 0 Å². The highest BCUT2D eigenvalue weighted by Crippen LogP contribution is 2.23. The van der Waals surface area contributed by atoms with Crippen molar-refractivity contribution in [3.8, 4) is 0 Å². The zero-order valence-electron chi connectivity index (χ0n) is 36.3. The van der Waals surface area contributed by atoms with Crippen molar-refractivity contribution < 1.29 is 24.2 Å². The molecule has 0 aromatic carbocycles. The number of aliphatic hydroxyl groups is 1. The van der Waals surface area contributed by atoms with Gasteiger partial charge in [0.05, 0.1) is 13.0 Å². The lowest BCUT2D eigenvalue weighted by Crippen LogP contribution is -2.36. The van der Waals surface area contributed by atoms with Crippen molar-refractivity contribution in [1.82, 2.24) is 9.80 Å². The standard InChI is InChI=1S/C47H90N2O5/c1-5-8-11-14-17-18-19-20-21-22-23-24-25-26-29-32-36-49(39-38-48(4)40-41-50)37-35-46(51)53-42-43-54-47(52)44-45(33-30-27-15-12-9-6-2)34-31-28-16-13-10-7-3/h17-18,20-21,45,50H,5-16,19,22-44H2,1-4H3/b18-17-,21-20-. The van der Waals surface area contributed by atoms with Gasteiger partial charge in [-0.1, -0.05) is 161 Å². The first-order valence-corrected chi connectivity index (χ1v) is 23.1. The van der Waals surface area contributed by atoms with E-state index in [1.54, 1.807) is 0 Å². The number of hydrogen-bond acceptors (Lipinski definition) is 7. The van der Waals surface area contributed by atoms with Crippen molar-refractivity contribution in [1.29, 1.82) is 0 Å². The molecule has 7 heteroatoms. The number of likely N-dealkylation sites (N-methyl/N-ethyl adjacent to an activating group) is 1. The maximum Gasteiger partial charge on any atom is 0.307 e. The van der Waals surface area contributed by atoms with E-state index in [1.165, 1.54) is 141 Å². The highest BCUT2D eigenvalue weighted by Gasteiger charge is 2.16. The molecule has 54 heavy (non-hydrogen) atoms. The van der Waals surface area contributed by atoms with Crippen LogP contribution in [0.4, 0.5) is 0 Å². The van der Waals surface area contributed by atoms with Crippen molar-refractivity contribution >= 4 is 11.9 Å². The molecule has 0 fully saturated rings. The Labute approximate surface area is 335 Å². The first kappa shape index (κ1) is 52.3. The smallest absolute Gasteiger partial charge is 0.307 e. The van der Waals surface area contributed by atoms with Crippen LogP contribution in [-0.2, 0) is 19.1 Å². The Bertz CT molecular complexity index is 847. The van der Waals surface area contributed by atoms with Crippen LogP contribution >= 0.6 is 0 Å². The Balaban J connectivity index is 4.38. The summed E-state index contributed by atoms with van der Waals surface area (Å²) in [6.07, 6.45) is 42.4. The van der Waals surface area contributed by atoms with Gasteiger partial charge in [-0.15, -0.1) is 0 Å². The van der Waals surface area contributed by atoms with E-state index in [2.05, 4.69) is 54.9 Å². The molecule has 0 spiro atoms.